The van der Waals surface area contributed by atoms with Crippen molar-refractivity contribution in [2.45, 2.75) is 39.0 Å². The number of hydrogen-bond donors (Lipinski definition) is 0. The van der Waals surface area contributed by atoms with Crippen molar-refractivity contribution in [3.63, 3.8) is 0 Å². The summed E-state index contributed by atoms with van der Waals surface area (Å²) in [5, 5.41) is 0. The molecule has 0 aromatic carbocycles. The maximum Gasteiger partial charge on any atom is 0.000966 e. The third kappa shape index (κ3) is 2.22. The molecule has 1 heterocycles. The number of piperidine rings is 1. The van der Waals surface area contributed by atoms with E-state index < -0.39 is 0 Å². The Balaban J connectivity index is 1.66. The molecule has 0 aromatic heterocycles. The first-order valence-corrected chi connectivity index (χ1v) is 5.61. The first-order chi connectivity index (χ1) is 5.88. The zero-order valence-corrected chi connectivity index (χ0v) is 8.26. The number of likely N-dealkylation sites (tertiary alicyclic amines) is 1. The summed E-state index contributed by atoms with van der Waals surface area (Å²) in [7, 11) is 0. The molecular formula is C11H21N. The summed E-state index contributed by atoms with van der Waals surface area (Å²) in [6.45, 7) is 6.52. The van der Waals surface area contributed by atoms with Crippen LogP contribution in [-0.2, 0) is 0 Å². The summed E-state index contributed by atoms with van der Waals surface area (Å²) in [4.78, 5) is 2.68. The van der Waals surface area contributed by atoms with Gasteiger partial charge in [-0.1, -0.05) is 13.3 Å². The van der Waals surface area contributed by atoms with Gasteiger partial charge in [0.25, 0.3) is 0 Å². The summed E-state index contributed by atoms with van der Waals surface area (Å²) in [6.07, 6.45) is 7.34. The number of hydrogen-bond acceptors (Lipinski definition) is 1. The number of rotatable bonds is 3. The Morgan fingerprint density at radius 3 is 2.17 bits per heavy atom. The molecule has 0 bridgehead atoms. The predicted octanol–water partition coefficient (Wildman–Crippen LogP) is 2.52. The van der Waals surface area contributed by atoms with Gasteiger partial charge in [0, 0.05) is 6.54 Å². The van der Waals surface area contributed by atoms with E-state index in [-0.39, 0.29) is 0 Å². The molecule has 0 spiro atoms. The van der Waals surface area contributed by atoms with Gasteiger partial charge < -0.3 is 4.90 Å². The van der Waals surface area contributed by atoms with Crippen molar-refractivity contribution in [1.82, 2.24) is 4.90 Å². The lowest BCUT2D eigenvalue weighted by Gasteiger charge is -2.31. The van der Waals surface area contributed by atoms with Crippen LogP contribution in [0, 0.1) is 11.8 Å². The Hall–Kier alpha value is -0.0400. The van der Waals surface area contributed by atoms with Gasteiger partial charge in [-0.15, -0.1) is 0 Å². The fraction of sp³-hybridized carbons (Fsp3) is 1.00. The number of nitrogens with zero attached hydrogens (tertiary/aromatic N) is 1. The highest BCUT2D eigenvalue weighted by Gasteiger charge is 2.26. The molecule has 0 amide bonds. The van der Waals surface area contributed by atoms with Gasteiger partial charge in [0.05, 0.1) is 0 Å². The molecule has 2 fully saturated rings. The summed E-state index contributed by atoms with van der Waals surface area (Å²) >= 11 is 0. The molecule has 1 nitrogen and oxygen atoms in total. The highest BCUT2D eigenvalue weighted by Crippen LogP contribution is 2.31. The summed E-state index contributed by atoms with van der Waals surface area (Å²) in [5.41, 5.74) is 0. The van der Waals surface area contributed by atoms with Crippen LogP contribution in [0.25, 0.3) is 0 Å². The van der Waals surface area contributed by atoms with E-state index in [0.717, 1.165) is 11.8 Å². The zero-order valence-electron chi connectivity index (χ0n) is 8.26. The van der Waals surface area contributed by atoms with E-state index in [0.29, 0.717) is 0 Å². The second kappa shape index (κ2) is 3.78. The van der Waals surface area contributed by atoms with Crippen LogP contribution >= 0.6 is 0 Å². The lowest BCUT2D eigenvalue weighted by atomic mass is 9.94. The molecule has 70 valence electrons. The lowest BCUT2D eigenvalue weighted by Crippen LogP contribution is -2.34. The Morgan fingerprint density at radius 2 is 1.67 bits per heavy atom. The third-order valence-electron chi connectivity index (χ3n) is 3.50. The smallest absolute Gasteiger partial charge is 0.000966 e. The first-order valence-electron chi connectivity index (χ1n) is 5.61. The largest absolute Gasteiger partial charge is 0.303 e. The van der Waals surface area contributed by atoms with E-state index >= 15 is 0 Å². The van der Waals surface area contributed by atoms with Gasteiger partial charge >= 0.3 is 0 Å². The van der Waals surface area contributed by atoms with Gasteiger partial charge in [0.2, 0.25) is 0 Å². The van der Waals surface area contributed by atoms with Crippen molar-refractivity contribution >= 4 is 0 Å². The second-order valence-electron chi connectivity index (χ2n) is 4.60. The Kier molecular flexibility index (Phi) is 2.69. The standard InChI is InChI=1S/C11H21N/c1-2-10-5-7-12(8-6-10)9-11-3-4-11/h10-11H,2-9H2,1H3. The summed E-state index contributed by atoms with van der Waals surface area (Å²) in [6, 6.07) is 0. The SMILES string of the molecule is CCC1CCN(CC2CC2)CC1. The molecule has 1 saturated heterocycles. The van der Waals surface area contributed by atoms with Gasteiger partial charge in [-0.05, 0) is 50.6 Å². The van der Waals surface area contributed by atoms with E-state index in [1.165, 1.54) is 51.7 Å². The van der Waals surface area contributed by atoms with Crippen LogP contribution in [0.4, 0.5) is 0 Å². The van der Waals surface area contributed by atoms with Crippen LogP contribution in [0.2, 0.25) is 0 Å². The maximum atomic E-state index is 2.68. The molecule has 0 radical (unpaired) electrons. The molecule has 1 aliphatic carbocycles. The van der Waals surface area contributed by atoms with Crippen molar-refractivity contribution in [1.29, 1.82) is 0 Å². The molecule has 0 N–H and O–H groups in total. The van der Waals surface area contributed by atoms with Gasteiger partial charge in [-0.25, -0.2) is 0 Å². The van der Waals surface area contributed by atoms with E-state index in [1.54, 1.807) is 0 Å². The highest BCUT2D eigenvalue weighted by molar-refractivity contribution is 4.80. The van der Waals surface area contributed by atoms with Crippen molar-refractivity contribution < 1.29 is 0 Å². The van der Waals surface area contributed by atoms with Crippen molar-refractivity contribution in [3.8, 4) is 0 Å². The minimum absolute atomic E-state index is 1.04. The van der Waals surface area contributed by atoms with Crippen LogP contribution in [0.1, 0.15) is 39.0 Å². The monoisotopic (exact) mass is 167 g/mol. The van der Waals surface area contributed by atoms with Crippen LogP contribution < -0.4 is 0 Å². The van der Waals surface area contributed by atoms with E-state index in [9.17, 15) is 0 Å². The zero-order chi connectivity index (χ0) is 8.39. The fourth-order valence-electron chi connectivity index (χ4n) is 2.24. The van der Waals surface area contributed by atoms with Crippen molar-refractivity contribution in [3.05, 3.63) is 0 Å². The average molecular weight is 167 g/mol. The van der Waals surface area contributed by atoms with E-state index in [1.807, 2.05) is 0 Å². The van der Waals surface area contributed by atoms with Crippen molar-refractivity contribution in [2.24, 2.45) is 11.8 Å². The first kappa shape index (κ1) is 8.55. The molecule has 0 unspecified atom stereocenters. The molecule has 2 rings (SSSR count). The molecule has 1 aliphatic heterocycles. The summed E-state index contributed by atoms with van der Waals surface area (Å²) < 4.78 is 0. The lowest BCUT2D eigenvalue weighted by molar-refractivity contribution is 0.176. The normalized spacial score (nSPS) is 27.8. The van der Waals surface area contributed by atoms with Crippen molar-refractivity contribution in [2.75, 3.05) is 19.6 Å². The van der Waals surface area contributed by atoms with E-state index in [4.69, 9.17) is 0 Å². The van der Waals surface area contributed by atoms with Gasteiger partial charge in [-0.2, -0.15) is 0 Å². The molecular weight excluding hydrogens is 146 g/mol. The van der Waals surface area contributed by atoms with Gasteiger partial charge in [0.1, 0.15) is 0 Å². The molecule has 0 aromatic rings. The van der Waals surface area contributed by atoms with Crippen LogP contribution in [0.15, 0.2) is 0 Å². The molecule has 2 aliphatic rings. The van der Waals surface area contributed by atoms with Crippen LogP contribution in [0.5, 0.6) is 0 Å². The third-order valence-corrected chi connectivity index (χ3v) is 3.50. The summed E-state index contributed by atoms with van der Waals surface area (Å²) in [5.74, 6) is 2.13. The Labute approximate surface area is 76.1 Å². The highest BCUT2D eigenvalue weighted by atomic mass is 15.1. The molecule has 12 heavy (non-hydrogen) atoms. The average Bonchev–Trinajstić information content (AvgIpc) is 2.90. The molecule has 1 saturated carbocycles. The van der Waals surface area contributed by atoms with Gasteiger partial charge in [0.15, 0.2) is 0 Å². The second-order valence-corrected chi connectivity index (χ2v) is 4.60. The molecule has 1 heteroatoms. The fourth-order valence-corrected chi connectivity index (χ4v) is 2.24. The molecule has 0 atom stereocenters. The predicted molar refractivity (Wildman–Crippen MR) is 52.2 cm³/mol. The minimum atomic E-state index is 1.04. The maximum absolute atomic E-state index is 2.68. The van der Waals surface area contributed by atoms with Gasteiger partial charge in [-0.3, -0.25) is 0 Å². The quantitative estimate of drug-likeness (QED) is 0.624. The Morgan fingerprint density at radius 1 is 1.00 bits per heavy atom. The van der Waals surface area contributed by atoms with Crippen LogP contribution in [-0.4, -0.2) is 24.5 Å². The van der Waals surface area contributed by atoms with E-state index in [2.05, 4.69) is 11.8 Å². The topological polar surface area (TPSA) is 3.24 Å². The Bertz CT molecular complexity index is 132. The minimum Gasteiger partial charge on any atom is -0.303 e. The van der Waals surface area contributed by atoms with Crippen LogP contribution in [0.3, 0.4) is 0 Å².